The molecule has 0 spiro atoms. The standard InChI is InChI=1S/C12H12N2O/c1-3-6-13-11-9-7-8(2)4-5-10(9)14-12(11)15/h1,4-5,7,11,13H,6H2,2H3,(H,14,15). The van der Waals surface area contributed by atoms with E-state index < -0.39 is 0 Å². The fourth-order valence-corrected chi connectivity index (χ4v) is 1.74. The maximum atomic E-state index is 11.6. The molecule has 1 unspecified atom stereocenters. The van der Waals surface area contributed by atoms with Crippen LogP contribution < -0.4 is 10.6 Å². The summed E-state index contributed by atoms with van der Waals surface area (Å²) >= 11 is 0. The molecule has 0 aliphatic carbocycles. The Kier molecular flexibility index (Phi) is 2.44. The largest absolute Gasteiger partial charge is 0.324 e. The van der Waals surface area contributed by atoms with Gasteiger partial charge in [-0.15, -0.1) is 6.42 Å². The van der Waals surface area contributed by atoms with Crippen molar-refractivity contribution in [2.75, 3.05) is 11.9 Å². The van der Waals surface area contributed by atoms with Crippen LogP contribution in [0, 0.1) is 19.3 Å². The number of carbonyl (C=O) groups excluding carboxylic acids is 1. The van der Waals surface area contributed by atoms with Crippen LogP contribution in [0.3, 0.4) is 0 Å². The topological polar surface area (TPSA) is 41.1 Å². The molecule has 1 heterocycles. The summed E-state index contributed by atoms with van der Waals surface area (Å²) in [5, 5.41) is 5.83. The summed E-state index contributed by atoms with van der Waals surface area (Å²) in [5.41, 5.74) is 2.99. The number of carbonyl (C=O) groups is 1. The van der Waals surface area contributed by atoms with E-state index in [-0.39, 0.29) is 11.9 Å². The second kappa shape index (κ2) is 3.76. The van der Waals surface area contributed by atoms with Gasteiger partial charge in [-0.2, -0.15) is 0 Å². The van der Waals surface area contributed by atoms with Crippen LogP contribution in [-0.4, -0.2) is 12.5 Å². The number of terminal acetylenes is 1. The maximum absolute atomic E-state index is 11.6. The Morgan fingerprint density at radius 2 is 2.40 bits per heavy atom. The third-order valence-electron chi connectivity index (χ3n) is 2.45. The second-order valence-electron chi connectivity index (χ2n) is 3.60. The number of amides is 1. The Bertz CT molecular complexity index is 445. The van der Waals surface area contributed by atoms with Crippen LogP contribution in [-0.2, 0) is 4.79 Å². The molecule has 0 saturated heterocycles. The van der Waals surface area contributed by atoms with E-state index in [9.17, 15) is 4.79 Å². The van der Waals surface area contributed by atoms with Gasteiger partial charge < -0.3 is 5.32 Å². The van der Waals surface area contributed by atoms with Gasteiger partial charge in [0.2, 0.25) is 5.91 Å². The molecule has 1 amide bonds. The number of nitrogens with one attached hydrogen (secondary N) is 2. The Hall–Kier alpha value is -1.79. The van der Waals surface area contributed by atoms with Crippen molar-refractivity contribution in [2.24, 2.45) is 0 Å². The van der Waals surface area contributed by atoms with Gasteiger partial charge in [0.15, 0.2) is 0 Å². The Balaban J connectivity index is 2.32. The van der Waals surface area contributed by atoms with Gasteiger partial charge in [-0.25, -0.2) is 0 Å². The number of aryl methyl sites for hydroxylation is 1. The van der Waals surface area contributed by atoms with Crippen LogP contribution in [0.15, 0.2) is 18.2 Å². The monoisotopic (exact) mass is 200 g/mol. The van der Waals surface area contributed by atoms with Crippen molar-refractivity contribution >= 4 is 11.6 Å². The summed E-state index contributed by atoms with van der Waals surface area (Å²) in [4.78, 5) is 11.6. The van der Waals surface area contributed by atoms with Crippen molar-refractivity contribution in [3.05, 3.63) is 29.3 Å². The van der Waals surface area contributed by atoms with Crippen molar-refractivity contribution in [3.8, 4) is 12.3 Å². The molecule has 0 bridgehead atoms. The molecule has 0 saturated carbocycles. The van der Waals surface area contributed by atoms with Gasteiger partial charge in [-0.05, 0) is 13.0 Å². The molecule has 0 radical (unpaired) electrons. The zero-order valence-corrected chi connectivity index (χ0v) is 8.50. The summed E-state index contributed by atoms with van der Waals surface area (Å²) in [5.74, 6) is 2.43. The smallest absolute Gasteiger partial charge is 0.246 e. The van der Waals surface area contributed by atoms with Crippen LogP contribution in [0.25, 0.3) is 0 Å². The molecule has 1 aliphatic rings. The number of hydrogen-bond acceptors (Lipinski definition) is 2. The van der Waals surface area contributed by atoms with E-state index in [1.165, 1.54) is 0 Å². The van der Waals surface area contributed by atoms with Crippen LogP contribution >= 0.6 is 0 Å². The van der Waals surface area contributed by atoms with Crippen molar-refractivity contribution in [1.82, 2.24) is 5.32 Å². The van der Waals surface area contributed by atoms with E-state index in [0.29, 0.717) is 6.54 Å². The highest BCUT2D eigenvalue weighted by Crippen LogP contribution is 2.31. The molecule has 2 rings (SSSR count). The van der Waals surface area contributed by atoms with E-state index in [0.717, 1.165) is 16.8 Å². The van der Waals surface area contributed by atoms with Gasteiger partial charge in [0.1, 0.15) is 6.04 Å². The lowest BCUT2D eigenvalue weighted by molar-refractivity contribution is -0.117. The van der Waals surface area contributed by atoms with Crippen molar-refractivity contribution in [3.63, 3.8) is 0 Å². The summed E-state index contributed by atoms with van der Waals surface area (Å²) in [6.07, 6.45) is 5.16. The molecule has 0 fully saturated rings. The third kappa shape index (κ3) is 1.72. The average molecular weight is 200 g/mol. The number of rotatable bonds is 2. The number of fused-ring (bicyclic) bond motifs is 1. The summed E-state index contributed by atoms with van der Waals surface area (Å²) in [6.45, 7) is 2.40. The molecule has 15 heavy (non-hydrogen) atoms. The first kappa shape index (κ1) is 9.75. The molecule has 76 valence electrons. The number of hydrogen-bond donors (Lipinski definition) is 2. The minimum Gasteiger partial charge on any atom is -0.324 e. The van der Waals surface area contributed by atoms with E-state index in [1.807, 2.05) is 25.1 Å². The maximum Gasteiger partial charge on any atom is 0.246 e. The molecular formula is C12H12N2O. The normalized spacial score (nSPS) is 18.1. The fourth-order valence-electron chi connectivity index (χ4n) is 1.74. The zero-order valence-electron chi connectivity index (χ0n) is 8.50. The molecule has 0 aromatic heterocycles. The quantitative estimate of drug-likeness (QED) is 0.704. The van der Waals surface area contributed by atoms with Gasteiger partial charge >= 0.3 is 0 Å². The predicted molar refractivity (Wildman–Crippen MR) is 59.4 cm³/mol. The zero-order chi connectivity index (χ0) is 10.8. The van der Waals surface area contributed by atoms with Gasteiger partial charge in [0, 0.05) is 11.3 Å². The molecular weight excluding hydrogens is 188 g/mol. The Labute approximate surface area is 88.9 Å². The molecule has 1 aromatic carbocycles. The van der Waals surface area contributed by atoms with Crippen molar-refractivity contribution < 1.29 is 4.79 Å². The summed E-state index contributed by atoms with van der Waals surface area (Å²) in [6, 6.07) is 5.58. The van der Waals surface area contributed by atoms with E-state index in [1.54, 1.807) is 0 Å². The second-order valence-corrected chi connectivity index (χ2v) is 3.60. The lowest BCUT2D eigenvalue weighted by atomic mass is 10.1. The molecule has 3 nitrogen and oxygen atoms in total. The summed E-state index contributed by atoms with van der Waals surface area (Å²) < 4.78 is 0. The SMILES string of the molecule is C#CCNC1C(=O)Nc2ccc(C)cc21. The summed E-state index contributed by atoms with van der Waals surface area (Å²) in [7, 11) is 0. The predicted octanol–water partition coefficient (Wildman–Crippen LogP) is 1.21. The molecule has 2 N–H and O–H groups in total. The van der Waals surface area contributed by atoms with Crippen molar-refractivity contribution in [1.29, 1.82) is 0 Å². The highest BCUT2D eigenvalue weighted by atomic mass is 16.2. The van der Waals surface area contributed by atoms with Crippen molar-refractivity contribution in [2.45, 2.75) is 13.0 Å². The number of benzene rings is 1. The van der Waals surface area contributed by atoms with Gasteiger partial charge in [0.05, 0.1) is 6.54 Å². The Morgan fingerprint density at radius 3 is 3.13 bits per heavy atom. The molecule has 1 aromatic rings. The average Bonchev–Trinajstić information content (AvgIpc) is 2.51. The Morgan fingerprint density at radius 1 is 1.60 bits per heavy atom. The molecule has 1 atom stereocenters. The van der Waals surface area contributed by atoms with E-state index in [2.05, 4.69) is 16.6 Å². The van der Waals surface area contributed by atoms with Crippen LogP contribution in [0.4, 0.5) is 5.69 Å². The highest BCUT2D eigenvalue weighted by Gasteiger charge is 2.29. The van der Waals surface area contributed by atoms with Crippen LogP contribution in [0.5, 0.6) is 0 Å². The van der Waals surface area contributed by atoms with Crippen LogP contribution in [0.2, 0.25) is 0 Å². The van der Waals surface area contributed by atoms with Crippen LogP contribution in [0.1, 0.15) is 17.2 Å². The third-order valence-corrected chi connectivity index (χ3v) is 2.45. The lowest BCUT2D eigenvalue weighted by Gasteiger charge is -2.08. The van der Waals surface area contributed by atoms with E-state index >= 15 is 0 Å². The molecule has 3 heteroatoms. The minimum atomic E-state index is -0.309. The van der Waals surface area contributed by atoms with Gasteiger partial charge in [0.25, 0.3) is 0 Å². The number of anilines is 1. The highest BCUT2D eigenvalue weighted by molar-refractivity contribution is 6.02. The lowest BCUT2D eigenvalue weighted by Crippen LogP contribution is -2.27. The fraction of sp³-hybridized carbons (Fsp3) is 0.250. The van der Waals surface area contributed by atoms with Gasteiger partial charge in [-0.3, -0.25) is 10.1 Å². The molecule has 1 aliphatic heterocycles. The first-order valence-electron chi connectivity index (χ1n) is 4.80. The first-order chi connectivity index (χ1) is 7.22. The minimum absolute atomic E-state index is 0.0362. The first-order valence-corrected chi connectivity index (χ1v) is 4.80. The van der Waals surface area contributed by atoms with Gasteiger partial charge in [-0.1, -0.05) is 23.6 Å². The van der Waals surface area contributed by atoms with E-state index in [4.69, 9.17) is 6.42 Å².